The van der Waals surface area contributed by atoms with Crippen molar-refractivity contribution in [1.82, 2.24) is 5.16 Å². The summed E-state index contributed by atoms with van der Waals surface area (Å²) >= 11 is 1.19. The molecule has 0 aliphatic rings. The number of carbonyl (C=O) groups excluding carboxylic acids is 3. The van der Waals surface area contributed by atoms with Crippen LogP contribution in [0.25, 0.3) is 0 Å². The SMILES string of the molecule is COc1cccc(NC(=O)CSc2ccccc2C(=O)OCC(=O)Nc2cc(C(C)C)no2)c1. The molecule has 0 saturated carbocycles. The van der Waals surface area contributed by atoms with Gasteiger partial charge in [-0.25, -0.2) is 4.79 Å². The number of anilines is 2. The van der Waals surface area contributed by atoms with Crippen LogP contribution in [-0.2, 0) is 14.3 Å². The number of methoxy groups -OCH3 is 1. The van der Waals surface area contributed by atoms with E-state index in [-0.39, 0.29) is 29.0 Å². The number of rotatable bonds is 10. The van der Waals surface area contributed by atoms with E-state index in [1.165, 1.54) is 11.8 Å². The fraction of sp³-hybridized carbons (Fsp3) is 0.250. The topological polar surface area (TPSA) is 120 Å². The maximum atomic E-state index is 12.6. The van der Waals surface area contributed by atoms with Gasteiger partial charge in [-0.2, -0.15) is 0 Å². The molecule has 0 aliphatic carbocycles. The van der Waals surface area contributed by atoms with Crippen LogP contribution in [0.4, 0.5) is 11.6 Å². The van der Waals surface area contributed by atoms with Crippen LogP contribution in [0, 0.1) is 0 Å². The van der Waals surface area contributed by atoms with Gasteiger partial charge in [0.15, 0.2) is 6.61 Å². The van der Waals surface area contributed by atoms with E-state index in [0.717, 1.165) is 0 Å². The maximum absolute atomic E-state index is 12.6. The summed E-state index contributed by atoms with van der Waals surface area (Å²) in [6.45, 7) is 3.40. The highest BCUT2D eigenvalue weighted by Crippen LogP contribution is 2.24. The molecular weight excluding hydrogens is 458 g/mol. The molecule has 0 radical (unpaired) electrons. The molecule has 0 unspecified atom stereocenters. The van der Waals surface area contributed by atoms with Crippen molar-refractivity contribution >= 4 is 41.1 Å². The van der Waals surface area contributed by atoms with Gasteiger partial charge in [-0.15, -0.1) is 11.8 Å². The van der Waals surface area contributed by atoms with Crippen molar-refractivity contribution in [2.24, 2.45) is 0 Å². The zero-order valence-electron chi connectivity index (χ0n) is 19.0. The van der Waals surface area contributed by atoms with E-state index in [0.29, 0.717) is 22.0 Å². The van der Waals surface area contributed by atoms with Gasteiger partial charge in [0.1, 0.15) is 5.75 Å². The molecule has 178 valence electrons. The van der Waals surface area contributed by atoms with Gasteiger partial charge in [0.2, 0.25) is 11.8 Å². The Bertz CT molecular complexity index is 1160. The van der Waals surface area contributed by atoms with Crippen LogP contribution in [0.1, 0.15) is 35.8 Å². The van der Waals surface area contributed by atoms with E-state index < -0.39 is 18.5 Å². The Morgan fingerprint density at radius 1 is 1.03 bits per heavy atom. The number of carbonyl (C=O) groups is 3. The van der Waals surface area contributed by atoms with Crippen LogP contribution >= 0.6 is 11.8 Å². The largest absolute Gasteiger partial charge is 0.497 e. The molecule has 0 saturated heterocycles. The summed E-state index contributed by atoms with van der Waals surface area (Å²) in [6, 6.07) is 15.4. The summed E-state index contributed by atoms with van der Waals surface area (Å²) in [6.07, 6.45) is 0. The molecule has 2 aromatic carbocycles. The second kappa shape index (κ2) is 11.9. The molecule has 0 spiro atoms. The second-order valence-electron chi connectivity index (χ2n) is 7.46. The summed E-state index contributed by atoms with van der Waals surface area (Å²) in [4.78, 5) is 37.6. The lowest BCUT2D eigenvalue weighted by atomic mass is 10.1. The zero-order valence-corrected chi connectivity index (χ0v) is 19.8. The molecular formula is C24H25N3O6S. The number of nitrogens with one attached hydrogen (secondary N) is 2. The third kappa shape index (κ3) is 7.11. The minimum atomic E-state index is -0.674. The average Bonchev–Trinajstić information content (AvgIpc) is 3.30. The molecule has 0 bridgehead atoms. The summed E-state index contributed by atoms with van der Waals surface area (Å²) in [7, 11) is 1.55. The van der Waals surface area contributed by atoms with E-state index in [9.17, 15) is 14.4 Å². The first kappa shape index (κ1) is 24.8. The molecule has 34 heavy (non-hydrogen) atoms. The lowest BCUT2D eigenvalue weighted by molar-refractivity contribution is -0.119. The smallest absolute Gasteiger partial charge is 0.339 e. The molecule has 0 atom stereocenters. The Labute approximate surface area is 201 Å². The number of esters is 1. The first-order valence-corrected chi connectivity index (χ1v) is 11.4. The quantitative estimate of drug-likeness (QED) is 0.323. The Balaban J connectivity index is 1.52. The molecule has 1 aromatic heterocycles. The number of hydrogen-bond donors (Lipinski definition) is 2. The number of hydrogen-bond acceptors (Lipinski definition) is 8. The van der Waals surface area contributed by atoms with Gasteiger partial charge in [0, 0.05) is 22.7 Å². The monoisotopic (exact) mass is 483 g/mol. The number of thioether (sulfide) groups is 1. The summed E-state index contributed by atoms with van der Waals surface area (Å²) < 4.78 is 15.3. The molecule has 3 rings (SSSR count). The molecule has 0 fully saturated rings. The second-order valence-corrected chi connectivity index (χ2v) is 8.48. The fourth-order valence-electron chi connectivity index (χ4n) is 2.80. The molecule has 2 amide bonds. The van der Waals surface area contributed by atoms with Gasteiger partial charge in [0.05, 0.1) is 24.1 Å². The van der Waals surface area contributed by atoms with Crippen molar-refractivity contribution in [2.75, 3.05) is 30.1 Å². The number of amides is 2. The van der Waals surface area contributed by atoms with Crippen molar-refractivity contribution in [3.05, 3.63) is 65.9 Å². The van der Waals surface area contributed by atoms with Crippen LogP contribution in [0.3, 0.4) is 0 Å². The van der Waals surface area contributed by atoms with Gasteiger partial charge < -0.3 is 19.3 Å². The van der Waals surface area contributed by atoms with Crippen LogP contribution in [0.2, 0.25) is 0 Å². The minimum Gasteiger partial charge on any atom is -0.497 e. The summed E-state index contributed by atoms with van der Waals surface area (Å²) in [5, 5.41) is 9.14. The zero-order chi connectivity index (χ0) is 24.5. The number of aromatic nitrogens is 1. The van der Waals surface area contributed by atoms with Crippen molar-refractivity contribution in [2.45, 2.75) is 24.7 Å². The highest BCUT2D eigenvalue weighted by atomic mass is 32.2. The standard InChI is InChI=1S/C24H25N3O6S/c1-15(2)19-12-23(33-27-19)26-21(28)13-32-24(30)18-9-4-5-10-20(18)34-14-22(29)25-16-7-6-8-17(11-16)31-3/h4-12,15H,13-14H2,1-3H3,(H,25,29)(H,26,28). The van der Waals surface area contributed by atoms with E-state index in [1.54, 1.807) is 61.7 Å². The molecule has 0 aliphatic heterocycles. The third-order valence-electron chi connectivity index (χ3n) is 4.54. The first-order chi connectivity index (χ1) is 16.4. The predicted octanol–water partition coefficient (Wildman–Crippen LogP) is 4.33. The van der Waals surface area contributed by atoms with E-state index in [2.05, 4.69) is 15.8 Å². The molecule has 3 aromatic rings. The molecule has 9 nitrogen and oxygen atoms in total. The maximum Gasteiger partial charge on any atom is 0.339 e. The van der Waals surface area contributed by atoms with Crippen LogP contribution in [0.5, 0.6) is 5.75 Å². The molecule has 1 heterocycles. The predicted molar refractivity (Wildman–Crippen MR) is 128 cm³/mol. The lowest BCUT2D eigenvalue weighted by Crippen LogP contribution is -2.21. The van der Waals surface area contributed by atoms with Crippen LogP contribution < -0.4 is 15.4 Å². The Kier molecular flexibility index (Phi) is 8.69. The number of benzene rings is 2. The van der Waals surface area contributed by atoms with Crippen molar-refractivity contribution in [3.8, 4) is 5.75 Å². The van der Waals surface area contributed by atoms with E-state index in [4.69, 9.17) is 14.0 Å². The van der Waals surface area contributed by atoms with Crippen molar-refractivity contribution < 1.29 is 28.4 Å². The molecule has 10 heteroatoms. The average molecular weight is 484 g/mol. The highest BCUT2D eigenvalue weighted by Gasteiger charge is 2.17. The van der Waals surface area contributed by atoms with E-state index >= 15 is 0 Å². The third-order valence-corrected chi connectivity index (χ3v) is 5.61. The van der Waals surface area contributed by atoms with E-state index in [1.807, 2.05) is 13.8 Å². The van der Waals surface area contributed by atoms with Crippen LogP contribution in [0.15, 0.2) is 64.0 Å². The number of ether oxygens (including phenoxy) is 2. The van der Waals surface area contributed by atoms with Gasteiger partial charge in [0.25, 0.3) is 5.91 Å². The van der Waals surface area contributed by atoms with Crippen LogP contribution in [-0.4, -0.2) is 42.4 Å². The fourth-order valence-corrected chi connectivity index (χ4v) is 3.64. The van der Waals surface area contributed by atoms with Gasteiger partial charge in [-0.3, -0.25) is 14.9 Å². The van der Waals surface area contributed by atoms with Gasteiger partial charge in [-0.05, 0) is 30.2 Å². The van der Waals surface area contributed by atoms with Crippen molar-refractivity contribution in [1.29, 1.82) is 0 Å². The minimum absolute atomic E-state index is 0.0751. The Hall–Kier alpha value is -3.79. The highest BCUT2D eigenvalue weighted by molar-refractivity contribution is 8.00. The van der Waals surface area contributed by atoms with Crippen molar-refractivity contribution in [3.63, 3.8) is 0 Å². The Morgan fingerprint density at radius 2 is 1.82 bits per heavy atom. The molecule has 2 N–H and O–H groups in total. The number of nitrogens with zero attached hydrogens (tertiary/aromatic N) is 1. The Morgan fingerprint density at radius 3 is 2.56 bits per heavy atom. The lowest BCUT2D eigenvalue weighted by Gasteiger charge is -2.10. The van der Waals surface area contributed by atoms with Gasteiger partial charge in [-0.1, -0.05) is 37.2 Å². The normalized spacial score (nSPS) is 10.6. The van der Waals surface area contributed by atoms with Gasteiger partial charge >= 0.3 is 5.97 Å². The summed E-state index contributed by atoms with van der Waals surface area (Å²) in [5.74, 6) is -0.429. The summed E-state index contributed by atoms with van der Waals surface area (Å²) in [5.41, 5.74) is 1.57. The first-order valence-electron chi connectivity index (χ1n) is 10.4.